The summed E-state index contributed by atoms with van der Waals surface area (Å²) in [6.07, 6.45) is 5.05. The summed E-state index contributed by atoms with van der Waals surface area (Å²) in [7, 11) is 1.58. The third-order valence-electron chi connectivity index (χ3n) is 4.50. The van der Waals surface area contributed by atoms with E-state index in [4.69, 9.17) is 4.74 Å². The fourth-order valence-corrected chi connectivity index (χ4v) is 3.08. The largest absolute Gasteiger partial charge is 0.380 e. The number of carbonyl (C=O) groups is 2. The highest BCUT2D eigenvalue weighted by molar-refractivity contribution is 5.99. The highest BCUT2D eigenvalue weighted by Crippen LogP contribution is 2.24. The van der Waals surface area contributed by atoms with E-state index in [1.165, 1.54) is 11.0 Å². The van der Waals surface area contributed by atoms with Crippen molar-refractivity contribution >= 4 is 17.5 Å². The maximum atomic E-state index is 12.7. The Hall–Kier alpha value is -2.99. The van der Waals surface area contributed by atoms with E-state index in [0.29, 0.717) is 18.7 Å². The number of ether oxygens (including phenoxy) is 1. The van der Waals surface area contributed by atoms with Crippen molar-refractivity contribution in [3.05, 3.63) is 61.4 Å². The van der Waals surface area contributed by atoms with Crippen LogP contribution in [-0.4, -0.2) is 47.5 Å². The topological polar surface area (TPSA) is 71.5 Å². The van der Waals surface area contributed by atoms with Crippen molar-refractivity contribution in [1.82, 2.24) is 9.88 Å². The molecule has 6 heteroatoms. The third-order valence-corrected chi connectivity index (χ3v) is 4.50. The Balaban J connectivity index is 1.70. The Bertz CT molecular complexity index is 790. The first-order valence-electron chi connectivity index (χ1n) is 8.39. The average molecular weight is 351 g/mol. The number of benzene rings is 1. The number of anilines is 1. The van der Waals surface area contributed by atoms with Crippen molar-refractivity contribution < 1.29 is 14.3 Å². The Morgan fingerprint density at radius 1 is 1.27 bits per heavy atom. The zero-order valence-electron chi connectivity index (χ0n) is 14.6. The summed E-state index contributed by atoms with van der Waals surface area (Å²) < 4.78 is 5.32. The summed E-state index contributed by atoms with van der Waals surface area (Å²) in [4.78, 5) is 30.3. The first kappa shape index (κ1) is 17.8. The molecular formula is C20H21N3O3. The van der Waals surface area contributed by atoms with Crippen molar-refractivity contribution in [1.29, 1.82) is 0 Å². The number of nitrogens with zero attached hydrogens (tertiary/aromatic N) is 2. The predicted molar refractivity (Wildman–Crippen MR) is 99.4 cm³/mol. The average Bonchev–Trinajstić information content (AvgIpc) is 3.13. The first-order chi connectivity index (χ1) is 12.6. The number of amides is 2. The lowest BCUT2D eigenvalue weighted by atomic mass is 10.1. The number of nitrogens with one attached hydrogen (secondary N) is 1. The number of rotatable bonds is 5. The molecule has 1 N–H and O–H groups in total. The van der Waals surface area contributed by atoms with Crippen LogP contribution in [0.5, 0.6) is 0 Å². The SMILES string of the molecule is C=CC(=O)N1C[C@@H](OC)C[C@H]1C(=O)Nc1ccc(-c2cccnc2)cc1. The monoisotopic (exact) mass is 351 g/mol. The zero-order valence-corrected chi connectivity index (χ0v) is 14.6. The lowest BCUT2D eigenvalue weighted by Crippen LogP contribution is -2.42. The quantitative estimate of drug-likeness (QED) is 0.840. The molecule has 3 rings (SSSR count). The lowest BCUT2D eigenvalue weighted by molar-refractivity contribution is -0.132. The van der Waals surface area contributed by atoms with Gasteiger partial charge in [-0.1, -0.05) is 24.8 Å². The summed E-state index contributed by atoms with van der Waals surface area (Å²) in [5, 5.41) is 2.88. The normalized spacial score (nSPS) is 19.2. The fourth-order valence-electron chi connectivity index (χ4n) is 3.08. The van der Waals surface area contributed by atoms with Gasteiger partial charge in [-0.05, 0) is 35.4 Å². The van der Waals surface area contributed by atoms with Gasteiger partial charge in [-0.3, -0.25) is 14.6 Å². The van der Waals surface area contributed by atoms with E-state index in [9.17, 15) is 9.59 Å². The van der Waals surface area contributed by atoms with E-state index in [1.807, 2.05) is 36.4 Å². The van der Waals surface area contributed by atoms with Crippen molar-refractivity contribution in [2.24, 2.45) is 0 Å². The van der Waals surface area contributed by atoms with Gasteiger partial charge in [0.25, 0.3) is 0 Å². The second kappa shape index (κ2) is 7.93. The van der Waals surface area contributed by atoms with Crippen LogP contribution in [0.4, 0.5) is 5.69 Å². The molecule has 2 heterocycles. The predicted octanol–water partition coefficient (Wildman–Crippen LogP) is 2.49. The van der Waals surface area contributed by atoms with Gasteiger partial charge in [0, 0.05) is 38.2 Å². The van der Waals surface area contributed by atoms with Crippen LogP contribution >= 0.6 is 0 Å². The fraction of sp³-hybridized carbons (Fsp3) is 0.250. The van der Waals surface area contributed by atoms with Crippen molar-refractivity contribution in [3.63, 3.8) is 0 Å². The molecule has 6 nitrogen and oxygen atoms in total. The molecule has 0 unspecified atom stereocenters. The summed E-state index contributed by atoms with van der Waals surface area (Å²) in [5.41, 5.74) is 2.70. The number of methoxy groups -OCH3 is 1. The number of hydrogen-bond acceptors (Lipinski definition) is 4. The number of carbonyl (C=O) groups excluding carboxylic acids is 2. The standard InChI is InChI=1S/C20H21N3O3/c1-3-19(24)23-13-17(26-2)11-18(23)20(25)22-16-8-6-14(7-9-16)15-5-4-10-21-12-15/h3-10,12,17-18H,1,11,13H2,2H3,(H,22,25)/t17-,18-/m0/s1. The number of likely N-dealkylation sites (tertiary alicyclic amines) is 1. The molecule has 1 aromatic carbocycles. The molecule has 1 saturated heterocycles. The Morgan fingerprint density at radius 3 is 2.65 bits per heavy atom. The van der Waals surface area contributed by atoms with E-state index in [2.05, 4.69) is 16.9 Å². The molecule has 2 aromatic rings. The Kier molecular flexibility index (Phi) is 5.43. The molecular weight excluding hydrogens is 330 g/mol. The van der Waals surface area contributed by atoms with Crippen molar-refractivity contribution in [2.45, 2.75) is 18.6 Å². The van der Waals surface area contributed by atoms with E-state index in [1.54, 1.807) is 19.5 Å². The minimum atomic E-state index is -0.566. The molecule has 1 fully saturated rings. The molecule has 0 radical (unpaired) electrons. The molecule has 1 aliphatic heterocycles. The molecule has 0 bridgehead atoms. The molecule has 26 heavy (non-hydrogen) atoms. The van der Waals surface area contributed by atoms with Crippen LogP contribution in [0.3, 0.4) is 0 Å². The summed E-state index contributed by atoms with van der Waals surface area (Å²) in [6, 6.07) is 10.8. The summed E-state index contributed by atoms with van der Waals surface area (Å²) >= 11 is 0. The van der Waals surface area contributed by atoms with Gasteiger partial charge < -0.3 is 15.0 Å². The molecule has 134 valence electrons. The van der Waals surface area contributed by atoms with Gasteiger partial charge in [0.1, 0.15) is 6.04 Å². The van der Waals surface area contributed by atoms with Gasteiger partial charge >= 0.3 is 0 Å². The van der Waals surface area contributed by atoms with Gasteiger partial charge in [-0.2, -0.15) is 0 Å². The molecule has 1 aromatic heterocycles. The second-order valence-electron chi connectivity index (χ2n) is 6.11. The second-order valence-corrected chi connectivity index (χ2v) is 6.11. The maximum Gasteiger partial charge on any atom is 0.247 e. The van der Waals surface area contributed by atoms with E-state index < -0.39 is 6.04 Å². The molecule has 2 atom stereocenters. The van der Waals surface area contributed by atoms with E-state index in [-0.39, 0.29) is 17.9 Å². The van der Waals surface area contributed by atoms with E-state index in [0.717, 1.165) is 11.1 Å². The zero-order chi connectivity index (χ0) is 18.5. The molecule has 0 saturated carbocycles. The lowest BCUT2D eigenvalue weighted by Gasteiger charge is -2.22. The van der Waals surface area contributed by atoms with Gasteiger partial charge in [0.15, 0.2) is 0 Å². The molecule has 1 aliphatic rings. The van der Waals surface area contributed by atoms with E-state index >= 15 is 0 Å². The first-order valence-corrected chi connectivity index (χ1v) is 8.39. The van der Waals surface area contributed by atoms with Gasteiger partial charge in [0.2, 0.25) is 11.8 Å². The summed E-state index contributed by atoms with van der Waals surface area (Å²) in [5.74, 6) is -0.495. The van der Waals surface area contributed by atoms with Crippen LogP contribution in [0.15, 0.2) is 61.4 Å². The maximum absolute atomic E-state index is 12.7. The number of pyridine rings is 1. The summed E-state index contributed by atoms with van der Waals surface area (Å²) in [6.45, 7) is 3.89. The highest BCUT2D eigenvalue weighted by atomic mass is 16.5. The van der Waals surface area contributed by atoms with Crippen LogP contribution in [0.2, 0.25) is 0 Å². The molecule has 0 aliphatic carbocycles. The van der Waals surface area contributed by atoms with Gasteiger partial charge in [-0.25, -0.2) is 0 Å². The smallest absolute Gasteiger partial charge is 0.247 e. The van der Waals surface area contributed by atoms with Crippen LogP contribution in [0, 0.1) is 0 Å². The third kappa shape index (κ3) is 3.81. The highest BCUT2D eigenvalue weighted by Gasteiger charge is 2.38. The number of aromatic nitrogens is 1. The van der Waals surface area contributed by atoms with Crippen molar-refractivity contribution in [2.75, 3.05) is 19.0 Å². The van der Waals surface area contributed by atoms with Gasteiger partial charge in [-0.15, -0.1) is 0 Å². The Morgan fingerprint density at radius 2 is 2.04 bits per heavy atom. The van der Waals surface area contributed by atoms with Crippen molar-refractivity contribution in [3.8, 4) is 11.1 Å². The molecule has 2 amide bonds. The van der Waals surface area contributed by atoms with Crippen LogP contribution < -0.4 is 5.32 Å². The minimum absolute atomic E-state index is 0.150. The minimum Gasteiger partial charge on any atom is -0.380 e. The number of hydrogen-bond donors (Lipinski definition) is 1. The van der Waals surface area contributed by atoms with Crippen LogP contribution in [-0.2, 0) is 14.3 Å². The van der Waals surface area contributed by atoms with Gasteiger partial charge in [0.05, 0.1) is 6.10 Å². The Labute approximate surface area is 152 Å². The molecule has 0 spiro atoms. The van der Waals surface area contributed by atoms with Crippen LogP contribution in [0.1, 0.15) is 6.42 Å². The van der Waals surface area contributed by atoms with Crippen LogP contribution in [0.25, 0.3) is 11.1 Å².